The van der Waals surface area contributed by atoms with Crippen LogP contribution in [0.2, 0.25) is 0 Å². The first-order valence-electron chi connectivity index (χ1n) is 6.41. The van der Waals surface area contributed by atoms with Gasteiger partial charge < -0.3 is 15.2 Å². The van der Waals surface area contributed by atoms with Gasteiger partial charge in [-0.3, -0.25) is 14.9 Å². The summed E-state index contributed by atoms with van der Waals surface area (Å²) in [4.78, 5) is 21.8. The molecule has 1 amide bonds. The zero-order chi connectivity index (χ0) is 16.4. The molecule has 1 aromatic rings. The predicted molar refractivity (Wildman–Crippen MR) is 77.6 cm³/mol. The Hall–Kier alpha value is -2.76. The standard InChI is InChI=1S/C14H15N3O5/c15-10-12(14(19)16-5-7-22-8-6-18)9-11-1-3-13(4-2-11)17(20)21/h1-4,9,18H,5-8H2,(H,16,19)/b12-9+. The molecule has 0 aliphatic heterocycles. The second kappa shape index (κ2) is 9.23. The van der Waals surface area contributed by atoms with Gasteiger partial charge in [-0.15, -0.1) is 0 Å². The number of ether oxygens (including phenoxy) is 1. The largest absolute Gasteiger partial charge is 0.394 e. The van der Waals surface area contributed by atoms with E-state index in [2.05, 4.69) is 5.32 Å². The van der Waals surface area contributed by atoms with Crippen molar-refractivity contribution in [3.05, 3.63) is 45.5 Å². The Bertz CT molecular complexity index is 589. The minimum Gasteiger partial charge on any atom is -0.394 e. The molecular weight excluding hydrogens is 290 g/mol. The summed E-state index contributed by atoms with van der Waals surface area (Å²) < 4.78 is 4.97. The van der Waals surface area contributed by atoms with Crippen molar-refractivity contribution in [1.29, 1.82) is 5.26 Å². The molecule has 0 radical (unpaired) electrons. The van der Waals surface area contributed by atoms with Crippen molar-refractivity contribution in [2.75, 3.05) is 26.4 Å². The summed E-state index contributed by atoms with van der Waals surface area (Å²) in [5.41, 5.74) is 0.325. The number of non-ortho nitro benzene ring substituents is 1. The normalized spacial score (nSPS) is 10.8. The number of carbonyl (C=O) groups is 1. The van der Waals surface area contributed by atoms with Crippen LogP contribution in [0.25, 0.3) is 6.08 Å². The van der Waals surface area contributed by atoms with E-state index in [9.17, 15) is 14.9 Å². The van der Waals surface area contributed by atoms with Crippen molar-refractivity contribution in [2.45, 2.75) is 0 Å². The SMILES string of the molecule is N#C/C(=C\c1ccc([N+](=O)[O-])cc1)C(=O)NCCOCCO. The Kier molecular flexibility index (Phi) is 7.25. The molecule has 1 rings (SSSR count). The van der Waals surface area contributed by atoms with Gasteiger partial charge in [-0.25, -0.2) is 0 Å². The Balaban J connectivity index is 2.64. The number of amides is 1. The van der Waals surface area contributed by atoms with Crippen LogP contribution in [-0.4, -0.2) is 42.3 Å². The molecular formula is C14H15N3O5. The molecule has 0 saturated heterocycles. The zero-order valence-electron chi connectivity index (χ0n) is 11.7. The molecule has 0 aliphatic rings. The van der Waals surface area contributed by atoms with E-state index in [4.69, 9.17) is 15.1 Å². The molecule has 8 nitrogen and oxygen atoms in total. The number of nitrogens with one attached hydrogen (secondary N) is 1. The molecule has 0 heterocycles. The molecule has 0 fully saturated rings. The Morgan fingerprint density at radius 2 is 2.09 bits per heavy atom. The van der Waals surface area contributed by atoms with E-state index in [0.717, 1.165) is 0 Å². The van der Waals surface area contributed by atoms with Gasteiger partial charge in [0, 0.05) is 18.7 Å². The fourth-order valence-corrected chi connectivity index (χ4v) is 1.51. The number of hydrogen-bond acceptors (Lipinski definition) is 6. The molecule has 0 atom stereocenters. The quantitative estimate of drug-likeness (QED) is 0.238. The first kappa shape index (κ1) is 17.3. The molecule has 2 N–H and O–H groups in total. The zero-order valence-corrected chi connectivity index (χ0v) is 11.7. The number of aliphatic hydroxyl groups is 1. The van der Waals surface area contributed by atoms with Crippen LogP contribution in [-0.2, 0) is 9.53 Å². The summed E-state index contributed by atoms with van der Waals surface area (Å²) in [5.74, 6) is -0.562. The molecule has 0 saturated carbocycles. The lowest BCUT2D eigenvalue weighted by molar-refractivity contribution is -0.384. The lowest BCUT2D eigenvalue weighted by Gasteiger charge is -2.04. The number of nitro groups is 1. The summed E-state index contributed by atoms with van der Waals surface area (Å²) in [6.07, 6.45) is 1.34. The van der Waals surface area contributed by atoms with Crippen LogP contribution in [0, 0.1) is 21.4 Å². The minimum absolute atomic E-state index is 0.0684. The summed E-state index contributed by atoms with van der Waals surface area (Å²) in [6.45, 7) is 0.512. The highest BCUT2D eigenvalue weighted by Crippen LogP contribution is 2.14. The lowest BCUT2D eigenvalue weighted by Crippen LogP contribution is -2.28. The summed E-state index contributed by atoms with van der Waals surface area (Å²) >= 11 is 0. The molecule has 8 heteroatoms. The van der Waals surface area contributed by atoms with E-state index in [1.165, 1.54) is 30.3 Å². The number of hydrogen-bond donors (Lipinski definition) is 2. The van der Waals surface area contributed by atoms with E-state index >= 15 is 0 Å². The molecule has 0 aromatic heterocycles. The maximum atomic E-state index is 11.8. The summed E-state index contributed by atoms with van der Waals surface area (Å²) in [7, 11) is 0. The van der Waals surface area contributed by atoms with Gasteiger partial charge in [0.15, 0.2) is 0 Å². The third-order valence-corrected chi connectivity index (χ3v) is 2.55. The second-order valence-corrected chi connectivity index (χ2v) is 4.11. The maximum absolute atomic E-state index is 11.8. The van der Waals surface area contributed by atoms with Gasteiger partial charge in [-0.05, 0) is 23.8 Å². The third-order valence-electron chi connectivity index (χ3n) is 2.55. The number of nitrogens with zero attached hydrogens (tertiary/aromatic N) is 2. The van der Waals surface area contributed by atoms with E-state index in [1.54, 1.807) is 6.07 Å². The van der Waals surface area contributed by atoms with Crippen LogP contribution in [0.3, 0.4) is 0 Å². The molecule has 1 aromatic carbocycles. The average molecular weight is 305 g/mol. The molecule has 0 aliphatic carbocycles. The highest BCUT2D eigenvalue weighted by Gasteiger charge is 2.09. The van der Waals surface area contributed by atoms with E-state index < -0.39 is 10.8 Å². The van der Waals surface area contributed by atoms with Crippen LogP contribution in [0.4, 0.5) is 5.69 Å². The van der Waals surface area contributed by atoms with E-state index in [1.807, 2.05) is 0 Å². The van der Waals surface area contributed by atoms with Crippen LogP contribution in [0.1, 0.15) is 5.56 Å². The monoisotopic (exact) mass is 305 g/mol. The van der Waals surface area contributed by atoms with Crippen LogP contribution in [0.15, 0.2) is 29.8 Å². The fraction of sp³-hybridized carbons (Fsp3) is 0.286. The van der Waals surface area contributed by atoms with Crippen LogP contribution in [0.5, 0.6) is 0 Å². The summed E-state index contributed by atoms with van der Waals surface area (Å²) in [5, 5.41) is 30.5. The second-order valence-electron chi connectivity index (χ2n) is 4.11. The molecule has 0 unspecified atom stereocenters. The molecule has 22 heavy (non-hydrogen) atoms. The predicted octanol–water partition coefficient (Wildman–Crippen LogP) is 0.627. The van der Waals surface area contributed by atoms with Crippen LogP contribution >= 0.6 is 0 Å². The van der Waals surface area contributed by atoms with Gasteiger partial charge in [0.05, 0.1) is 24.7 Å². The summed E-state index contributed by atoms with van der Waals surface area (Å²) in [6, 6.07) is 7.26. The minimum atomic E-state index is -0.562. The average Bonchev–Trinajstić information content (AvgIpc) is 2.52. The van der Waals surface area contributed by atoms with Gasteiger partial charge in [-0.2, -0.15) is 5.26 Å². The fourth-order valence-electron chi connectivity index (χ4n) is 1.51. The van der Waals surface area contributed by atoms with Crippen molar-refractivity contribution in [1.82, 2.24) is 5.32 Å². The highest BCUT2D eigenvalue weighted by atomic mass is 16.6. The van der Waals surface area contributed by atoms with Crippen molar-refractivity contribution in [3.8, 4) is 6.07 Å². The Morgan fingerprint density at radius 3 is 2.64 bits per heavy atom. The number of rotatable bonds is 8. The third kappa shape index (κ3) is 5.70. The van der Waals surface area contributed by atoms with Crippen LogP contribution < -0.4 is 5.32 Å². The van der Waals surface area contributed by atoms with Crippen molar-refractivity contribution >= 4 is 17.7 Å². The number of nitriles is 1. The number of nitro benzene ring substituents is 1. The first-order chi connectivity index (χ1) is 10.6. The Morgan fingerprint density at radius 1 is 1.41 bits per heavy atom. The van der Waals surface area contributed by atoms with Gasteiger partial charge >= 0.3 is 0 Å². The Labute approximate surface area is 126 Å². The topological polar surface area (TPSA) is 125 Å². The van der Waals surface area contributed by atoms with Crippen molar-refractivity contribution < 1.29 is 19.6 Å². The smallest absolute Gasteiger partial charge is 0.269 e. The van der Waals surface area contributed by atoms with Gasteiger partial charge in [0.2, 0.25) is 0 Å². The van der Waals surface area contributed by atoms with Crippen molar-refractivity contribution in [3.63, 3.8) is 0 Å². The highest BCUT2D eigenvalue weighted by molar-refractivity contribution is 6.01. The number of carbonyl (C=O) groups excluding carboxylic acids is 1. The molecule has 0 spiro atoms. The van der Waals surface area contributed by atoms with E-state index in [0.29, 0.717) is 5.56 Å². The lowest BCUT2D eigenvalue weighted by atomic mass is 10.1. The number of benzene rings is 1. The first-order valence-corrected chi connectivity index (χ1v) is 6.41. The van der Waals surface area contributed by atoms with Gasteiger partial charge in [-0.1, -0.05) is 0 Å². The molecule has 116 valence electrons. The van der Waals surface area contributed by atoms with Crippen molar-refractivity contribution in [2.24, 2.45) is 0 Å². The van der Waals surface area contributed by atoms with Gasteiger partial charge in [0.25, 0.3) is 11.6 Å². The number of aliphatic hydroxyl groups excluding tert-OH is 1. The molecule has 0 bridgehead atoms. The maximum Gasteiger partial charge on any atom is 0.269 e. The van der Waals surface area contributed by atoms with Gasteiger partial charge in [0.1, 0.15) is 11.6 Å². The van der Waals surface area contributed by atoms with E-state index in [-0.39, 0.29) is 37.6 Å².